The second-order valence-corrected chi connectivity index (χ2v) is 9.61. The predicted molar refractivity (Wildman–Crippen MR) is 125 cm³/mol. The summed E-state index contributed by atoms with van der Waals surface area (Å²) in [5.74, 6) is 0.221. The third-order valence-corrected chi connectivity index (χ3v) is 6.95. The summed E-state index contributed by atoms with van der Waals surface area (Å²) < 4.78 is 1.75. The number of carbonyl (C=O) groups is 2. The van der Waals surface area contributed by atoms with Gasteiger partial charge >= 0.3 is 0 Å². The van der Waals surface area contributed by atoms with E-state index >= 15 is 0 Å². The largest absolute Gasteiger partial charge is 0.325 e. The van der Waals surface area contributed by atoms with Crippen LogP contribution >= 0.6 is 23.1 Å². The number of hydrogen-bond acceptors (Lipinski definition) is 7. The lowest BCUT2D eigenvalue weighted by molar-refractivity contribution is -0.116. The number of hydrogen-bond donors (Lipinski definition) is 2. The first-order valence-electron chi connectivity index (χ1n) is 9.96. The molecule has 2 amide bonds. The molecule has 1 atom stereocenters. The maximum absolute atomic E-state index is 12.5. The number of thiazole rings is 1. The highest BCUT2D eigenvalue weighted by Gasteiger charge is 2.21. The molecular formula is C21H26N6O2S2. The van der Waals surface area contributed by atoms with E-state index in [-0.39, 0.29) is 18.2 Å². The van der Waals surface area contributed by atoms with Gasteiger partial charge in [0.25, 0.3) is 0 Å². The quantitative estimate of drug-likeness (QED) is 0.499. The van der Waals surface area contributed by atoms with Gasteiger partial charge in [-0.3, -0.25) is 9.59 Å². The molecule has 3 rings (SSSR count). The van der Waals surface area contributed by atoms with Crippen LogP contribution in [-0.2, 0) is 29.5 Å². The first kappa shape index (κ1) is 23.0. The molecule has 0 radical (unpaired) electrons. The Balaban J connectivity index is 1.60. The summed E-state index contributed by atoms with van der Waals surface area (Å²) in [5.41, 5.74) is 2.80. The van der Waals surface area contributed by atoms with Crippen LogP contribution in [0, 0.1) is 13.8 Å². The average molecular weight is 459 g/mol. The van der Waals surface area contributed by atoms with E-state index in [9.17, 15) is 9.59 Å². The molecule has 1 aromatic carbocycles. The highest BCUT2D eigenvalue weighted by atomic mass is 32.2. The molecule has 164 valence electrons. The highest BCUT2D eigenvalue weighted by molar-refractivity contribution is 8.00. The van der Waals surface area contributed by atoms with E-state index in [0.717, 1.165) is 28.2 Å². The minimum atomic E-state index is -0.398. The summed E-state index contributed by atoms with van der Waals surface area (Å²) in [6.45, 7) is 7.73. The van der Waals surface area contributed by atoms with Gasteiger partial charge in [-0.2, -0.15) is 0 Å². The van der Waals surface area contributed by atoms with Gasteiger partial charge in [0.2, 0.25) is 11.8 Å². The smallest absolute Gasteiger partial charge is 0.239 e. The van der Waals surface area contributed by atoms with E-state index in [1.54, 1.807) is 18.5 Å². The van der Waals surface area contributed by atoms with Gasteiger partial charge in [0.1, 0.15) is 5.82 Å². The molecule has 3 aromatic rings. The van der Waals surface area contributed by atoms with Crippen molar-refractivity contribution < 1.29 is 9.59 Å². The summed E-state index contributed by atoms with van der Waals surface area (Å²) >= 11 is 2.74. The van der Waals surface area contributed by atoms with Gasteiger partial charge in [0.05, 0.1) is 17.4 Å². The molecule has 0 saturated heterocycles. The summed E-state index contributed by atoms with van der Waals surface area (Å²) in [6, 6.07) is 7.73. The number of carbonyl (C=O) groups excluding carboxylic acids is 2. The number of aryl methyl sites for hydroxylation is 3. The fourth-order valence-electron chi connectivity index (χ4n) is 2.84. The lowest BCUT2D eigenvalue weighted by Gasteiger charge is -2.11. The first-order valence-corrected chi connectivity index (χ1v) is 11.7. The van der Waals surface area contributed by atoms with Gasteiger partial charge in [-0.25, -0.2) is 4.98 Å². The van der Waals surface area contributed by atoms with Crippen LogP contribution in [0.5, 0.6) is 0 Å². The lowest BCUT2D eigenvalue weighted by atomic mass is 10.1. The van der Waals surface area contributed by atoms with Crippen LogP contribution in [-0.4, -0.2) is 36.8 Å². The van der Waals surface area contributed by atoms with Gasteiger partial charge in [-0.1, -0.05) is 36.9 Å². The maximum Gasteiger partial charge on any atom is 0.239 e. The number of rotatable bonds is 8. The molecule has 0 spiro atoms. The molecule has 8 nitrogen and oxygen atoms in total. The van der Waals surface area contributed by atoms with Gasteiger partial charge in [-0.15, -0.1) is 21.5 Å². The van der Waals surface area contributed by atoms with E-state index in [2.05, 4.69) is 25.8 Å². The molecule has 0 aliphatic carbocycles. The Kier molecular flexibility index (Phi) is 7.45. The fraction of sp³-hybridized carbons (Fsp3) is 0.381. The highest BCUT2D eigenvalue weighted by Crippen LogP contribution is 2.25. The Morgan fingerprint density at radius 3 is 2.61 bits per heavy atom. The zero-order chi connectivity index (χ0) is 22.5. The Hall–Kier alpha value is -2.72. The van der Waals surface area contributed by atoms with Crippen molar-refractivity contribution in [3.63, 3.8) is 0 Å². The molecule has 0 aliphatic heterocycles. The van der Waals surface area contributed by atoms with Gasteiger partial charge in [0.15, 0.2) is 10.3 Å². The van der Waals surface area contributed by atoms with E-state index in [1.165, 1.54) is 23.1 Å². The molecule has 0 unspecified atom stereocenters. The van der Waals surface area contributed by atoms with Crippen LogP contribution in [0.25, 0.3) is 0 Å². The van der Waals surface area contributed by atoms with Crippen LogP contribution in [0.4, 0.5) is 10.8 Å². The SMILES string of the molecule is CCc1ccccc1NC(=O)Cc1nnc(S[C@H](C)C(=O)Nc2nc(C)c(C)s2)n1C. The third kappa shape index (κ3) is 5.71. The molecular weight excluding hydrogens is 432 g/mol. The molecule has 0 aliphatic rings. The number of amides is 2. The Morgan fingerprint density at radius 2 is 1.94 bits per heavy atom. The zero-order valence-corrected chi connectivity index (χ0v) is 19.9. The van der Waals surface area contributed by atoms with Crippen molar-refractivity contribution in [2.75, 3.05) is 10.6 Å². The van der Waals surface area contributed by atoms with Crippen molar-refractivity contribution in [3.05, 3.63) is 46.2 Å². The number of nitrogens with zero attached hydrogens (tertiary/aromatic N) is 4. The van der Waals surface area contributed by atoms with Crippen LogP contribution in [0.2, 0.25) is 0 Å². The number of aromatic nitrogens is 4. The summed E-state index contributed by atoms with van der Waals surface area (Å²) in [4.78, 5) is 30.4. The summed E-state index contributed by atoms with van der Waals surface area (Å²) in [7, 11) is 1.79. The first-order chi connectivity index (χ1) is 14.8. The Bertz CT molecular complexity index is 1070. The van der Waals surface area contributed by atoms with E-state index in [4.69, 9.17) is 0 Å². The molecule has 0 fully saturated rings. The predicted octanol–water partition coefficient (Wildman–Crippen LogP) is 3.75. The Morgan fingerprint density at radius 1 is 1.19 bits per heavy atom. The number of anilines is 2. The second-order valence-electron chi connectivity index (χ2n) is 7.10. The van der Waals surface area contributed by atoms with Crippen molar-refractivity contribution in [2.24, 2.45) is 7.05 Å². The van der Waals surface area contributed by atoms with Crippen molar-refractivity contribution >= 4 is 45.7 Å². The third-order valence-electron chi connectivity index (χ3n) is 4.83. The zero-order valence-electron chi connectivity index (χ0n) is 18.2. The van der Waals surface area contributed by atoms with Crippen molar-refractivity contribution in [3.8, 4) is 0 Å². The molecule has 0 saturated carbocycles. The number of benzene rings is 1. The molecule has 31 heavy (non-hydrogen) atoms. The van der Waals surface area contributed by atoms with Gasteiger partial charge in [-0.05, 0) is 38.8 Å². The van der Waals surface area contributed by atoms with Crippen molar-refractivity contribution in [2.45, 2.75) is 50.9 Å². The summed E-state index contributed by atoms with van der Waals surface area (Å²) in [6.07, 6.45) is 0.932. The molecule has 2 N–H and O–H groups in total. The average Bonchev–Trinajstić information content (AvgIpc) is 3.23. The monoisotopic (exact) mass is 458 g/mol. The van der Waals surface area contributed by atoms with Gasteiger partial charge < -0.3 is 15.2 Å². The number of nitrogens with one attached hydrogen (secondary N) is 2. The van der Waals surface area contributed by atoms with E-state index in [1.807, 2.05) is 45.0 Å². The summed E-state index contributed by atoms with van der Waals surface area (Å²) in [5, 5.41) is 14.9. The van der Waals surface area contributed by atoms with Crippen LogP contribution in [0.1, 0.15) is 35.8 Å². The molecule has 2 heterocycles. The minimum absolute atomic E-state index is 0.0976. The Labute approximate surface area is 189 Å². The maximum atomic E-state index is 12.5. The van der Waals surface area contributed by atoms with Crippen molar-refractivity contribution in [1.29, 1.82) is 0 Å². The van der Waals surface area contributed by atoms with Gasteiger partial charge in [0, 0.05) is 17.6 Å². The molecule has 10 heteroatoms. The van der Waals surface area contributed by atoms with Crippen LogP contribution < -0.4 is 10.6 Å². The second kappa shape index (κ2) is 10.1. The van der Waals surface area contributed by atoms with Crippen LogP contribution in [0.15, 0.2) is 29.4 Å². The van der Waals surface area contributed by atoms with E-state index < -0.39 is 5.25 Å². The number of thioether (sulfide) groups is 1. The standard InChI is InChI=1S/C21H26N6O2S2/c1-6-15-9-7-8-10-16(15)23-18(28)11-17-25-26-21(27(17)5)31-14(4)19(29)24-20-22-12(2)13(3)30-20/h7-10,14H,6,11H2,1-5H3,(H,23,28)(H,22,24,29)/t14-/m1/s1. The number of para-hydroxylation sites is 1. The van der Waals surface area contributed by atoms with E-state index in [0.29, 0.717) is 16.1 Å². The van der Waals surface area contributed by atoms with Crippen LogP contribution in [0.3, 0.4) is 0 Å². The molecule has 2 aromatic heterocycles. The van der Waals surface area contributed by atoms with Crippen molar-refractivity contribution in [1.82, 2.24) is 19.7 Å². The fourth-order valence-corrected chi connectivity index (χ4v) is 4.49. The lowest BCUT2D eigenvalue weighted by Crippen LogP contribution is -2.23. The topological polar surface area (TPSA) is 102 Å². The molecule has 0 bridgehead atoms. The minimum Gasteiger partial charge on any atom is -0.325 e. The normalized spacial score (nSPS) is 11.9.